The first kappa shape index (κ1) is 20.9. The van der Waals surface area contributed by atoms with E-state index in [2.05, 4.69) is 10.0 Å². The van der Waals surface area contributed by atoms with E-state index in [4.69, 9.17) is 4.74 Å². The molecule has 2 rings (SSSR count). The minimum atomic E-state index is -3.46. The van der Waals surface area contributed by atoms with E-state index in [1.54, 1.807) is 24.3 Å². The first-order chi connectivity index (χ1) is 12.4. The molecule has 0 radical (unpaired) electrons. The number of aryl methyl sites for hydroxylation is 1. The molecule has 1 fully saturated rings. The zero-order valence-electron chi connectivity index (χ0n) is 15.7. The molecule has 146 valence electrons. The first-order valence-electron chi connectivity index (χ1n) is 9.36. The van der Waals surface area contributed by atoms with E-state index in [-0.39, 0.29) is 22.9 Å². The van der Waals surface area contributed by atoms with Gasteiger partial charge in [0, 0.05) is 19.0 Å². The standard InChI is InChI=1S/C19H30N2O4S/c1-15(2)25-14-13-20-19(22)12-9-16-7-10-18(11-8-16)26(23,24)21-17-5-3-4-6-17/h7-8,10-11,15,17,21H,3-6,9,12-14H2,1-2H3,(H,20,22). The van der Waals surface area contributed by atoms with Crippen LogP contribution < -0.4 is 10.0 Å². The third-order valence-corrected chi connectivity index (χ3v) is 5.96. The Morgan fingerprint density at radius 3 is 2.46 bits per heavy atom. The van der Waals surface area contributed by atoms with Gasteiger partial charge in [-0.25, -0.2) is 13.1 Å². The SMILES string of the molecule is CC(C)OCCNC(=O)CCc1ccc(S(=O)(=O)NC2CCCC2)cc1. The second-order valence-electron chi connectivity index (χ2n) is 7.02. The van der Waals surface area contributed by atoms with E-state index in [9.17, 15) is 13.2 Å². The number of carbonyl (C=O) groups excluding carboxylic acids is 1. The molecule has 1 aromatic carbocycles. The maximum absolute atomic E-state index is 12.4. The van der Waals surface area contributed by atoms with Gasteiger partial charge in [-0.2, -0.15) is 0 Å². The Morgan fingerprint density at radius 2 is 1.85 bits per heavy atom. The van der Waals surface area contributed by atoms with Crippen LogP contribution in [0.1, 0.15) is 51.5 Å². The van der Waals surface area contributed by atoms with Crippen LogP contribution >= 0.6 is 0 Å². The molecule has 2 N–H and O–H groups in total. The zero-order valence-corrected chi connectivity index (χ0v) is 16.5. The number of hydrogen-bond donors (Lipinski definition) is 2. The van der Waals surface area contributed by atoms with Crippen LogP contribution in [-0.4, -0.2) is 39.6 Å². The van der Waals surface area contributed by atoms with Crippen molar-refractivity contribution >= 4 is 15.9 Å². The van der Waals surface area contributed by atoms with E-state index in [1.807, 2.05) is 13.8 Å². The summed E-state index contributed by atoms with van der Waals surface area (Å²) in [5, 5.41) is 2.81. The van der Waals surface area contributed by atoms with Gasteiger partial charge in [-0.1, -0.05) is 25.0 Å². The molecular weight excluding hydrogens is 352 g/mol. The minimum Gasteiger partial charge on any atom is -0.377 e. The van der Waals surface area contributed by atoms with E-state index >= 15 is 0 Å². The van der Waals surface area contributed by atoms with E-state index in [1.165, 1.54) is 0 Å². The lowest BCUT2D eigenvalue weighted by atomic mass is 10.1. The summed E-state index contributed by atoms with van der Waals surface area (Å²) in [6.07, 6.45) is 5.09. The second kappa shape index (κ2) is 10.0. The third kappa shape index (κ3) is 7.05. The minimum absolute atomic E-state index is 0.0306. The Balaban J connectivity index is 1.77. The maximum atomic E-state index is 12.4. The molecule has 1 saturated carbocycles. The highest BCUT2D eigenvalue weighted by molar-refractivity contribution is 7.89. The maximum Gasteiger partial charge on any atom is 0.240 e. The molecule has 0 atom stereocenters. The fourth-order valence-corrected chi connectivity index (χ4v) is 4.30. The number of carbonyl (C=O) groups is 1. The predicted octanol–water partition coefficient (Wildman–Crippen LogP) is 2.38. The topological polar surface area (TPSA) is 84.5 Å². The fourth-order valence-electron chi connectivity index (χ4n) is 3.00. The van der Waals surface area contributed by atoms with Crippen molar-refractivity contribution in [3.8, 4) is 0 Å². The largest absolute Gasteiger partial charge is 0.377 e. The van der Waals surface area contributed by atoms with Gasteiger partial charge in [-0.05, 0) is 50.8 Å². The molecule has 0 heterocycles. The average molecular weight is 383 g/mol. The summed E-state index contributed by atoms with van der Waals surface area (Å²) in [7, 11) is -3.46. The van der Waals surface area contributed by atoms with Crippen LogP contribution in [0.3, 0.4) is 0 Å². The van der Waals surface area contributed by atoms with Gasteiger partial charge in [0.1, 0.15) is 0 Å². The van der Waals surface area contributed by atoms with Crippen LogP contribution in [0.25, 0.3) is 0 Å². The monoisotopic (exact) mass is 382 g/mol. The molecule has 1 aliphatic carbocycles. The molecule has 1 amide bonds. The zero-order chi connectivity index (χ0) is 19.0. The number of ether oxygens (including phenoxy) is 1. The predicted molar refractivity (Wildman–Crippen MR) is 101 cm³/mol. The van der Waals surface area contributed by atoms with Crippen molar-refractivity contribution in [1.82, 2.24) is 10.0 Å². The van der Waals surface area contributed by atoms with Crippen molar-refractivity contribution < 1.29 is 17.9 Å². The Bertz CT molecular complexity index is 665. The fraction of sp³-hybridized carbons (Fsp3) is 0.632. The highest BCUT2D eigenvalue weighted by Crippen LogP contribution is 2.20. The highest BCUT2D eigenvalue weighted by Gasteiger charge is 2.22. The van der Waals surface area contributed by atoms with E-state index in [0.717, 1.165) is 31.2 Å². The average Bonchev–Trinajstić information content (AvgIpc) is 3.09. The van der Waals surface area contributed by atoms with Crippen molar-refractivity contribution in [3.63, 3.8) is 0 Å². The van der Waals surface area contributed by atoms with Gasteiger partial charge in [0.15, 0.2) is 0 Å². The summed E-state index contributed by atoms with van der Waals surface area (Å²) in [5.74, 6) is -0.0306. The van der Waals surface area contributed by atoms with Crippen LogP contribution in [0.15, 0.2) is 29.2 Å². The van der Waals surface area contributed by atoms with Gasteiger partial charge in [0.25, 0.3) is 0 Å². The van der Waals surface area contributed by atoms with E-state index < -0.39 is 10.0 Å². The Hall–Kier alpha value is -1.44. The van der Waals surface area contributed by atoms with Crippen LogP contribution in [0.5, 0.6) is 0 Å². The molecule has 0 saturated heterocycles. The Labute approximate surface area is 156 Å². The summed E-state index contributed by atoms with van der Waals surface area (Å²) in [6.45, 7) is 4.91. The summed E-state index contributed by atoms with van der Waals surface area (Å²) in [6, 6.07) is 6.83. The van der Waals surface area contributed by atoms with Crippen molar-refractivity contribution in [2.45, 2.75) is 69.4 Å². The van der Waals surface area contributed by atoms with Gasteiger partial charge in [-0.3, -0.25) is 4.79 Å². The molecule has 0 spiro atoms. The molecule has 0 bridgehead atoms. The highest BCUT2D eigenvalue weighted by atomic mass is 32.2. The smallest absolute Gasteiger partial charge is 0.240 e. The van der Waals surface area contributed by atoms with Gasteiger partial charge >= 0.3 is 0 Å². The summed E-state index contributed by atoms with van der Waals surface area (Å²) in [4.78, 5) is 12.1. The molecule has 0 unspecified atom stereocenters. The number of nitrogens with one attached hydrogen (secondary N) is 2. The molecule has 0 aliphatic heterocycles. The molecule has 6 nitrogen and oxygen atoms in total. The number of amides is 1. The molecule has 26 heavy (non-hydrogen) atoms. The molecule has 0 aromatic heterocycles. The quantitative estimate of drug-likeness (QED) is 0.609. The number of hydrogen-bond acceptors (Lipinski definition) is 4. The van der Waals surface area contributed by atoms with Crippen molar-refractivity contribution in [3.05, 3.63) is 29.8 Å². The van der Waals surface area contributed by atoms with Gasteiger partial charge < -0.3 is 10.1 Å². The number of benzene rings is 1. The second-order valence-corrected chi connectivity index (χ2v) is 8.73. The lowest BCUT2D eigenvalue weighted by Crippen LogP contribution is -2.32. The summed E-state index contributed by atoms with van der Waals surface area (Å²) in [5.41, 5.74) is 0.943. The van der Waals surface area contributed by atoms with Gasteiger partial charge in [-0.15, -0.1) is 0 Å². The van der Waals surface area contributed by atoms with E-state index in [0.29, 0.717) is 26.0 Å². The lowest BCUT2D eigenvalue weighted by Gasteiger charge is -2.13. The van der Waals surface area contributed by atoms with Crippen LogP contribution in [-0.2, 0) is 26.0 Å². The first-order valence-corrected chi connectivity index (χ1v) is 10.8. The lowest BCUT2D eigenvalue weighted by molar-refractivity contribution is -0.121. The van der Waals surface area contributed by atoms with Crippen molar-refractivity contribution in [2.24, 2.45) is 0 Å². The van der Waals surface area contributed by atoms with Crippen LogP contribution in [0.2, 0.25) is 0 Å². The van der Waals surface area contributed by atoms with Crippen LogP contribution in [0.4, 0.5) is 0 Å². The van der Waals surface area contributed by atoms with Gasteiger partial charge in [0.05, 0.1) is 17.6 Å². The summed E-state index contributed by atoms with van der Waals surface area (Å²) >= 11 is 0. The Kier molecular flexibility index (Phi) is 8.06. The number of sulfonamides is 1. The molecule has 7 heteroatoms. The normalized spacial score (nSPS) is 15.5. The number of rotatable bonds is 10. The molecule has 1 aromatic rings. The third-order valence-electron chi connectivity index (χ3n) is 4.43. The van der Waals surface area contributed by atoms with Crippen LogP contribution in [0, 0.1) is 0 Å². The Morgan fingerprint density at radius 1 is 1.19 bits per heavy atom. The van der Waals surface area contributed by atoms with Gasteiger partial charge in [0.2, 0.25) is 15.9 Å². The summed E-state index contributed by atoms with van der Waals surface area (Å²) < 4.78 is 32.9. The molecule has 1 aliphatic rings. The van der Waals surface area contributed by atoms with Crippen molar-refractivity contribution in [1.29, 1.82) is 0 Å². The molecular formula is C19H30N2O4S. The van der Waals surface area contributed by atoms with Crippen molar-refractivity contribution in [2.75, 3.05) is 13.2 Å².